The lowest BCUT2D eigenvalue weighted by atomic mass is 10.1. The van der Waals surface area contributed by atoms with E-state index in [1.165, 1.54) is 0 Å². The van der Waals surface area contributed by atoms with Crippen molar-refractivity contribution < 1.29 is 14.3 Å². The third-order valence-corrected chi connectivity index (χ3v) is 3.11. The number of esters is 1. The Hall–Kier alpha value is -2.13. The summed E-state index contributed by atoms with van der Waals surface area (Å²) in [6.45, 7) is 3.54. The van der Waals surface area contributed by atoms with E-state index in [9.17, 15) is 9.59 Å². The lowest BCUT2D eigenvalue weighted by Gasteiger charge is -2.11. The van der Waals surface area contributed by atoms with Crippen LogP contribution in [0.4, 0.5) is 0 Å². The van der Waals surface area contributed by atoms with Crippen molar-refractivity contribution in [1.82, 2.24) is 0 Å². The van der Waals surface area contributed by atoms with Crippen LogP contribution in [0.3, 0.4) is 0 Å². The summed E-state index contributed by atoms with van der Waals surface area (Å²) >= 11 is 5.45. The zero-order chi connectivity index (χ0) is 14.7. The van der Waals surface area contributed by atoms with Crippen LogP contribution in [0.2, 0.25) is 0 Å². The van der Waals surface area contributed by atoms with Gasteiger partial charge in [0.2, 0.25) is 0 Å². The SMILES string of the molecule is Cc1cc(C(=O)Cl)cc(C)c1OC(=O)c1ccccc1. The summed E-state index contributed by atoms with van der Waals surface area (Å²) in [5, 5.41) is -0.530. The molecule has 0 radical (unpaired) electrons. The number of aryl methyl sites for hydroxylation is 2. The maximum Gasteiger partial charge on any atom is 0.343 e. The summed E-state index contributed by atoms with van der Waals surface area (Å²) in [6.07, 6.45) is 0. The van der Waals surface area contributed by atoms with Gasteiger partial charge in [0.25, 0.3) is 5.24 Å². The van der Waals surface area contributed by atoms with Gasteiger partial charge in [0.15, 0.2) is 0 Å². The van der Waals surface area contributed by atoms with Crippen LogP contribution >= 0.6 is 11.6 Å². The highest BCUT2D eigenvalue weighted by atomic mass is 35.5. The van der Waals surface area contributed by atoms with Crippen LogP contribution in [0.1, 0.15) is 31.8 Å². The van der Waals surface area contributed by atoms with Crippen molar-refractivity contribution in [3.8, 4) is 5.75 Å². The molecule has 3 nitrogen and oxygen atoms in total. The molecule has 2 aromatic rings. The van der Waals surface area contributed by atoms with Crippen LogP contribution in [-0.2, 0) is 0 Å². The molecule has 0 aromatic heterocycles. The number of rotatable bonds is 3. The third-order valence-electron chi connectivity index (χ3n) is 2.89. The first-order valence-corrected chi connectivity index (χ1v) is 6.45. The average Bonchev–Trinajstić information content (AvgIpc) is 2.43. The number of hydrogen-bond donors (Lipinski definition) is 0. The molecule has 102 valence electrons. The minimum atomic E-state index is -0.530. The smallest absolute Gasteiger partial charge is 0.343 e. The number of halogens is 1. The van der Waals surface area contributed by atoms with E-state index in [0.717, 1.165) is 0 Å². The minimum absolute atomic E-state index is 0.390. The first-order chi connectivity index (χ1) is 9.49. The molecule has 0 heterocycles. The van der Waals surface area contributed by atoms with Crippen LogP contribution in [0.5, 0.6) is 5.75 Å². The monoisotopic (exact) mass is 288 g/mol. The fraction of sp³-hybridized carbons (Fsp3) is 0.125. The molecular formula is C16H13ClO3. The van der Waals surface area contributed by atoms with Crippen molar-refractivity contribution in [2.45, 2.75) is 13.8 Å². The van der Waals surface area contributed by atoms with Gasteiger partial charge in [-0.1, -0.05) is 18.2 Å². The first kappa shape index (κ1) is 14.3. The number of carbonyl (C=O) groups is 2. The van der Waals surface area contributed by atoms with E-state index < -0.39 is 11.2 Å². The van der Waals surface area contributed by atoms with Crippen LogP contribution in [0.15, 0.2) is 42.5 Å². The van der Waals surface area contributed by atoms with Crippen molar-refractivity contribution in [2.75, 3.05) is 0 Å². The molecule has 0 spiro atoms. The predicted octanol–water partition coefficient (Wildman–Crippen LogP) is 3.90. The summed E-state index contributed by atoms with van der Waals surface area (Å²) in [7, 11) is 0. The summed E-state index contributed by atoms with van der Waals surface area (Å²) in [5.74, 6) is 0.0299. The van der Waals surface area contributed by atoms with Gasteiger partial charge in [-0.2, -0.15) is 0 Å². The van der Waals surface area contributed by atoms with Gasteiger partial charge in [-0.05, 0) is 60.8 Å². The van der Waals surface area contributed by atoms with Crippen LogP contribution in [-0.4, -0.2) is 11.2 Å². The van der Waals surface area contributed by atoms with Gasteiger partial charge < -0.3 is 4.74 Å². The quantitative estimate of drug-likeness (QED) is 0.489. The Labute approximate surface area is 122 Å². The Balaban J connectivity index is 2.31. The van der Waals surface area contributed by atoms with Gasteiger partial charge in [0, 0.05) is 5.56 Å². The second kappa shape index (κ2) is 5.88. The molecule has 0 aliphatic rings. The van der Waals surface area contributed by atoms with Crippen LogP contribution in [0, 0.1) is 13.8 Å². The summed E-state index contributed by atoms with van der Waals surface area (Å²) < 4.78 is 5.40. The maximum absolute atomic E-state index is 12.0. The average molecular weight is 289 g/mol. The van der Waals surface area contributed by atoms with Gasteiger partial charge >= 0.3 is 5.97 Å². The largest absolute Gasteiger partial charge is 0.422 e. The van der Waals surface area contributed by atoms with Gasteiger partial charge in [-0.15, -0.1) is 0 Å². The van der Waals surface area contributed by atoms with E-state index in [1.807, 2.05) is 6.07 Å². The van der Waals surface area contributed by atoms with E-state index in [-0.39, 0.29) is 0 Å². The number of ether oxygens (including phenoxy) is 1. The second-order valence-corrected chi connectivity index (χ2v) is 4.81. The fourth-order valence-corrected chi connectivity index (χ4v) is 2.06. The highest BCUT2D eigenvalue weighted by molar-refractivity contribution is 6.67. The molecule has 0 saturated carbocycles. The van der Waals surface area contributed by atoms with Gasteiger partial charge in [-0.3, -0.25) is 4.79 Å². The zero-order valence-corrected chi connectivity index (χ0v) is 11.9. The molecule has 0 bridgehead atoms. The highest BCUT2D eigenvalue weighted by Gasteiger charge is 2.14. The van der Waals surface area contributed by atoms with Crippen LogP contribution < -0.4 is 4.74 Å². The van der Waals surface area contributed by atoms with E-state index in [1.54, 1.807) is 50.2 Å². The Kier molecular flexibility index (Phi) is 4.20. The topological polar surface area (TPSA) is 43.4 Å². The number of hydrogen-bond acceptors (Lipinski definition) is 3. The van der Waals surface area contributed by atoms with E-state index >= 15 is 0 Å². The van der Waals surface area contributed by atoms with Crippen molar-refractivity contribution in [3.63, 3.8) is 0 Å². The summed E-state index contributed by atoms with van der Waals surface area (Å²) in [4.78, 5) is 23.2. The standard InChI is InChI=1S/C16H13ClO3/c1-10-8-13(15(17)18)9-11(2)14(10)20-16(19)12-6-4-3-5-7-12/h3-9H,1-2H3. The Bertz CT molecular complexity index is 640. The molecule has 20 heavy (non-hydrogen) atoms. The first-order valence-electron chi connectivity index (χ1n) is 6.07. The summed E-state index contributed by atoms with van der Waals surface area (Å²) in [5.41, 5.74) is 2.25. The third kappa shape index (κ3) is 3.06. The lowest BCUT2D eigenvalue weighted by molar-refractivity contribution is 0.0732. The molecule has 0 fully saturated rings. The maximum atomic E-state index is 12.0. The zero-order valence-electron chi connectivity index (χ0n) is 11.1. The highest BCUT2D eigenvalue weighted by Crippen LogP contribution is 2.26. The van der Waals surface area contributed by atoms with Crippen molar-refractivity contribution in [2.24, 2.45) is 0 Å². The van der Waals surface area contributed by atoms with Crippen LogP contribution in [0.25, 0.3) is 0 Å². The molecule has 0 amide bonds. The molecule has 2 rings (SSSR count). The second-order valence-electron chi connectivity index (χ2n) is 4.47. The molecule has 0 aliphatic heterocycles. The van der Waals surface area contributed by atoms with Crippen molar-refractivity contribution in [3.05, 3.63) is 64.7 Å². The van der Waals surface area contributed by atoms with E-state index in [2.05, 4.69) is 0 Å². The Morgan fingerprint density at radius 3 is 2.00 bits per heavy atom. The molecule has 0 saturated heterocycles. The molecule has 0 aliphatic carbocycles. The number of benzene rings is 2. The van der Waals surface area contributed by atoms with Crippen molar-refractivity contribution >= 4 is 22.8 Å². The van der Waals surface area contributed by atoms with E-state index in [4.69, 9.17) is 16.3 Å². The Morgan fingerprint density at radius 2 is 1.50 bits per heavy atom. The minimum Gasteiger partial charge on any atom is -0.422 e. The molecule has 2 aromatic carbocycles. The predicted molar refractivity (Wildman–Crippen MR) is 77.5 cm³/mol. The number of carbonyl (C=O) groups excluding carboxylic acids is 2. The van der Waals surface area contributed by atoms with Gasteiger partial charge in [-0.25, -0.2) is 4.79 Å². The molecule has 0 atom stereocenters. The molecule has 0 N–H and O–H groups in total. The van der Waals surface area contributed by atoms with Gasteiger partial charge in [0.05, 0.1) is 5.56 Å². The molecule has 4 heteroatoms. The Morgan fingerprint density at radius 1 is 0.950 bits per heavy atom. The summed E-state index contributed by atoms with van der Waals surface area (Å²) in [6, 6.07) is 11.9. The van der Waals surface area contributed by atoms with Crippen molar-refractivity contribution in [1.29, 1.82) is 0 Å². The normalized spacial score (nSPS) is 10.2. The lowest BCUT2D eigenvalue weighted by Crippen LogP contribution is -2.10. The van der Waals surface area contributed by atoms with Gasteiger partial charge in [0.1, 0.15) is 5.75 Å². The fourth-order valence-electron chi connectivity index (χ4n) is 1.95. The van der Waals surface area contributed by atoms with E-state index in [0.29, 0.717) is 28.0 Å². The molecule has 0 unspecified atom stereocenters. The molecular weight excluding hydrogens is 276 g/mol.